The first-order valence-electron chi connectivity index (χ1n) is 7.81. The van der Waals surface area contributed by atoms with E-state index < -0.39 is 0 Å². The van der Waals surface area contributed by atoms with Gasteiger partial charge in [-0.2, -0.15) is 0 Å². The van der Waals surface area contributed by atoms with Gasteiger partial charge in [-0.1, -0.05) is 24.3 Å². The number of benzene rings is 1. The van der Waals surface area contributed by atoms with Gasteiger partial charge in [0, 0.05) is 13.0 Å². The Morgan fingerprint density at radius 2 is 2.20 bits per heavy atom. The zero-order valence-corrected chi connectivity index (χ0v) is 12.3. The molecule has 2 atom stereocenters. The van der Waals surface area contributed by atoms with Gasteiger partial charge < -0.3 is 10.2 Å². The third-order valence-corrected chi connectivity index (χ3v) is 4.75. The number of hydrogen-bond donors (Lipinski definition) is 1. The van der Waals surface area contributed by atoms with Crippen LogP contribution in [-0.2, 0) is 4.79 Å². The van der Waals surface area contributed by atoms with Crippen molar-refractivity contribution >= 4 is 5.91 Å². The van der Waals surface area contributed by atoms with Crippen LogP contribution in [0.3, 0.4) is 0 Å². The van der Waals surface area contributed by atoms with Crippen LogP contribution >= 0.6 is 0 Å². The van der Waals surface area contributed by atoms with Crippen LogP contribution in [0.1, 0.15) is 42.9 Å². The smallest absolute Gasteiger partial charge is 0.223 e. The summed E-state index contributed by atoms with van der Waals surface area (Å²) in [6.45, 7) is 5.16. The fourth-order valence-corrected chi connectivity index (χ4v) is 3.60. The first-order valence-corrected chi connectivity index (χ1v) is 7.81. The van der Waals surface area contributed by atoms with Gasteiger partial charge in [-0.15, -0.1) is 0 Å². The Balaban J connectivity index is 1.72. The van der Waals surface area contributed by atoms with Crippen LogP contribution in [0.25, 0.3) is 0 Å². The van der Waals surface area contributed by atoms with Crippen molar-refractivity contribution in [2.75, 3.05) is 19.6 Å². The normalized spacial score (nSPS) is 26.1. The molecule has 0 saturated carbocycles. The average Bonchev–Trinajstić information content (AvgIpc) is 3.09. The van der Waals surface area contributed by atoms with Crippen LogP contribution in [-0.4, -0.2) is 30.4 Å². The van der Waals surface area contributed by atoms with E-state index in [0.29, 0.717) is 17.9 Å². The number of carbonyl (C=O) groups excluding carboxylic acids is 1. The molecule has 2 aliphatic heterocycles. The number of carbonyl (C=O) groups is 1. The van der Waals surface area contributed by atoms with Gasteiger partial charge in [0.2, 0.25) is 5.91 Å². The van der Waals surface area contributed by atoms with Gasteiger partial charge in [0.05, 0.1) is 6.04 Å². The monoisotopic (exact) mass is 272 g/mol. The predicted octanol–water partition coefficient (Wildman–Crippen LogP) is 2.66. The summed E-state index contributed by atoms with van der Waals surface area (Å²) >= 11 is 0. The lowest BCUT2D eigenvalue weighted by Gasteiger charge is -2.27. The number of nitrogens with zero attached hydrogens (tertiary/aromatic N) is 1. The lowest BCUT2D eigenvalue weighted by atomic mass is 9.98. The summed E-state index contributed by atoms with van der Waals surface area (Å²) in [7, 11) is 0. The van der Waals surface area contributed by atoms with E-state index >= 15 is 0 Å². The van der Waals surface area contributed by atoms with E-state index in [4.69, 9.17) is 0 Å². The van der Waals surface area contributed by atoms with E-state index in [9.17, 15) is 4.79 Å². The summed E-state index contributed by atoms with van der Waals surface area (Å²) in [5, 5.41) is 3.35. The molecule has 3 heteroatoms. The molecular formula is C17H24N2O. The Bertz CT molecular complexity index is 480. The second kappa shape index (κ2) is 5.96. The number of amides is 1. The summed E-state index contributed by atoms with van der Waals surface area (Å²) < 4.78 is 0. The molecule has 3 rings (SSSR count). The number of rotatable bonds is 3. The summed E-state index contributed by atoms with van der Waals surface area (Å²) in [6.07, 6.45) is 4.11. The molecule has 2 fully saturated rings. The van der Waals surface area contributed by atoms with Gasteiger partial charge in [0.15, 0.2) is 0 Å². The molecule has 2 heterocycles. The minimum absolute atomic E-state index is 0.304. The zero-order valence-electron chi connectivity index (χ0n) is 12.3. The predicted molar refractivity (Wildman–Crippen MR) is 80.5 cm³/mol. The van der Waals surface area contributed by atoms with Crippen molar-refractivity contribution in [2.24, 2.45) is 5.92 Å². The van der Waals surface area contributed by atoms with E-state index in [1.165, 1.54) is 11.1 Å². The van der Waals surface area contributed by atoms with E-state index in [2.05, 4.69) is 41.4 Å². The molecule has 0 aromatic heterocycles. The third-order valence-electron chi connectivity index (χ3n) is 4.75. The molecule has 2 aliphatic rings. The maximum atomic E-state index is 12.6. The fraction of sp³-hybridized carbons (Fsp3) is 0.588. The third kappa shape index (κ3) is 2.73. The Labute approximate surface area is 121 Å². The van der Waals surface area contributed by atoms with E-state index in [1.54, 1.807) is 0 Å². The Morgan fingerprint density at radius 3 is 2.95 bits per heavy atom. The lowest BCUT2D eigenvalue weighted by Crippen LogP contribution is -2.32. The molecular weight excluding hydrogens is 248 g/mol. The molecule has 0 radical (unpaired) electrons. The Morgan fingerprint density at radius 1 is 1.35 bits per heavy atom. The molecule has 0 aliphatic carbocycles. The molecule has 20 heavy (non-hydrogen) atoms. The molecule has 1 aromatic rings. The molecule has 2 unspecified atom stereocenters. The standard InChI is InChI=1S/C17H24N2O/c1-13-5-2-3-6-15(13)16-7-4-10-19(16)17(20)11-14-8-9-18-12-14/h2-3,5-6,14,16,18H,4,7-12H2,1H3. The Hall–Kier alpha value is -1.35. The van der Waals surface area contributed by atoms with Crippen molar-refractivity contribution in [2.45, 2.75) is 38.6 Å². The molecule has 1 aromatic carbocycles. The van der Waals surface area contributed by atoms with Crippen molar-refractivity contribution < 1.29 is 4.79 Å². The van der Waals surface area contributed by atoms with E-state index in [0.717, 1.165) is 45.3 Å². The van der Waals surface area contributed by atoms with Crippen molar-refractivity contribution in [3.63, 3.8) is 0 Å². The second-order valence-corrected chi connectivity index (χ2v) is 6.16. The highest BCUT2D eigenvalue weighted by Crippen LogP contribution is 2.34. The van der Waals surface area contributed by atoms with E-state index in [-0.39, 0.29) is 0 Å². The maximum Gasteiger partial charge on any atom is 0.223 e. The SMILES string of the molecule is Cc1ccccc1C1CCCN1C(=O)CC1CCNC1. The van der Waals surface area contributed by atoms with Crippen molar-refractivity contribution in [3.05, 3.63) is 35.4 Å². The summed E-state index contributed by atoms with van der Waals surface area (Å²) in [5.74, 6) is 0.894. The highest BCUT2D eigenvalue weighted by atomic mass is 16.2. The maximum absolute atomic E-state index is 12.6. The number of aryl methyl sites for hydroxylation is 1. The zero-order chi connectivity index (χ0) is 13.9. The van der Waals surface area contributed by atoms with Crippen LogP contribution in [0, 0.1) is 12.8 Å². The van der Waals surface area contributed by atoms with Gasteiger partial charge in [0.25, 0.3) is 0 Å². The van der Waals surface area contributed by atoms with Gasteiger partial charge in [0.1, 0.15) is 0 Å². The molecule has 3 nitrogen and oxygen atoms in total. The minimum Gasteiger partial charge on any atom is -0.336 e. The molecule has 0 bridgehead atoms. The first kappa shape index (κ1) is 13.6. The summed E-state index contributed by atoms with van der Waals surface area (Å²) in [5.41, 5.74) is 2.64. The quantitative estimate of drug-likeness (QED) is 0.917. The highest BCUT2D eigenvalue weighted by molar-refractivity contribution is 5.77. The van der Waals surface area contributed by atoms with Gasteiger partial charge in [-0.05, 0) is 56.3 Å². The van der Waals surface area contributed by atoms with Gasteiger partial charge >= 0.3 is 0 Å². The highest BCUT2D eigenvalue weighted by Gasteiger charge is 2.32. The second-order valence-electron chi connectivity index (χ2n) is 6.16. The number of nitrogens with one attached hydrogen (secondary N) is 1. The average molecular weight is 272 g/mol. The van der Waals surface area contributed by atoms with Crippen LogP contribution < -0.4 is 5.32 Å². The van der Waals surface area contributed by atoms with Crippen molar-refractivity contribution in [3.8, 4) is 0 Å². The summed E-state index contributed by atoms with van der Waals surface area (Å²) in [6, 6.07) is 8.80. The number of hydrogen-bond acceptors (Lipinski definition) is 2. The topological polar surface area (TPSA) is 32.3 Å². The molecule has 1 N–H and O–H groups in total. The van der Waals surface area contributed by atoms with Crippen LogP contribution in [0.5, 0.6) is 0 Å². The van der Waals surface area contributed by atoms with E-state index in [1.807, 2.05) is 0 Å². The van der Waals surface area contributed by atoms with Crippen LogP contribution in [0.2, 0.25) is 0 Å². The number of likely N-dealkylation sites (tertiary alicyclic amines) is 1. The molecule has 1 amide bonds. The van der Waals surface area contributed by atoms with Crippen molar-refractivity contribution in [1.82, 2.24) is 10.2 Å². The summed E-state index contributed by atoms with van der Waals surface area (Å²) in [4.78, 5) is 14.7. The van der Waals surface area contributed by atoms with Crippen molar-refractivity contribution in [1.29, 1.82) is 0 Å². The first-order chi connectivity index (χ1) is 9.75. The lowest BCUT2D eigenvalue weighted by molar-refractivity contribution is -0.133. The fourth-order valence-electron chi connectivity index (χ4n) is 3.60. The largest absolute Gasteiger partial charge is 0.336 e. The molecule has 108 valence electrons. The molecule has 2 saturated heterocycles. The van der Waals surface area contributed by atoms with Gasteiger partial charge in [-0.3, -0.25) is 4.79 Å². The van der Waals surface area contributed by atoms with Crippen LogP contribution in [0.4, 0.5) is 0 Å². The Kier molecular flexibility index (Phi) is 4.06. The van der Waals surface area contributed by atoms with Gasteiger partial charge in [-0.25, -0.2) is 0 Å². The van der Waals surface area contributed by atoms with Crippen LogP contribution in [0.15, 0.2) is 24.3 Å². The molecule has 0 spiro atoms. The minimum atomic E-state index is 0.304.